The summed E-state index contributed by atoms with van der Waals surface area (Å²) in [6, 6.07) is 4.44. The zero-order valence-electron chi connectivity index (χ0n) is 14.6. The summed E-state index contributed by atoms with van der Waals surface area (Å²) in [5.74, 6) is 1.53. The lowest BCUT2D eigenvalue weighted by Crippen LogP contribution is -2.56. The normalized spacial score (nSPS) is 19.0. The summed E-state index contributed by atoms with van der Waals surface area (Å²) < 4.78 is 5.32. The van der Waals surface area contributed by atoms with E-state index in [0.717, 1.165) is 68.5 Å². The lowest BCUT2D eigenvalue weighted by atomic mass is 10.0. The van der Waals surface area contributed by atoms with Gasteiger partial charge in [-0.25, -0.2) is 15.0 Å². The highest BCUT2D eigenvalue weighted by molar-refractivity contribution is 5.78. The lowest BCUT2D eigenvalue weighted by Gasteiger charge is -2.43. The van der Waals surface area contributed by atoms with E-state index >= 15 is 0 Å². The van der Waals surface area contributed by atoms with Crippen LogP contribution in [-0.4, -0.2) is 65.3 Å². The van der Waals surface area contributed by atoms with Gasteiger partial charge in [-0.3, -0.25) is 4.90 Å². The molecule has 0 bridgehead atoms. The smallest absolute Gasteiger partial charge is 0.140 e. The van der Waals surface area contributed by atoms with Gasteiger partial charge >= 0.3 is 0 Å². The minimum atomic E-state index is 0.525. The van der Waals surface area contributed by atoms with Crippen LogP contribution < -0.4 is 10.6 Å². The Bertz CT molecular complexity index is 723. The number of rotatable bonds is 4. The fourth-order valence-electron chi connectivity index (χ4n) is 3.50. The van der Waals surface area contributed by atoms with Gasteiger partial charge in [0.1, 0.15) is 18.0 Å². The molecule has 4 heterocycles. The Balaban J connectivity index is 1.62. The zero-order valence-corrected chi connectivity index (χ0v) is 14.6. The van der Waals surface area contributed by atoms with E-state index in [1.807, 2.05) is 18.3 Å². The van der Waals surface area contributed by atoms with Gasteiger partial charge in [0, 0.05) is 43.5 Å². The highest BCUT2D eigenvalue weighted by atomic mass is 16.5. The molecule has 0 spiro atoms. The number of anilines is 2. The third-order valence-electron chi connectivity index (χ3n) is 5.07. The average Bonchev–Trinajstić information content (AvgIpc) is 2.61. The highest BCUT2D eigenvalue weighted by Gasteiger charge is 2.30. The van der Waals surface area contributed by atoms with Crippen LogP contribution in [0.2, 0.25) is 0 Å². The van der Waals surface area contributed by atoms with Crippen molar-refractivity contribution in [3.05, 3.63) is 30.4 Å². The molecule has 0 atom stereocenters. The second-order valence-electron chi connectivity index (χ2n) is 6.56. The predicted molar refractivity (Wildman–Crippen MR) is 97.4 cm³/mol. The number of nitrogen functional groups attached to an aromatic ring is 1. The fraction of sp³-hybridized carbons (Fsp3) is 0.500. The van der Waals surface area contributed by atoms with Gasteiger partial charge in [0.05, 0.1) is 24.9 Å². The summed E-state index contributed by atoms with van der Waals surface area (Å²) in [6.45, 7) is 7.87. The molecule has 2 aliphatic rings. The molecule has 0 unspecified atom stereocenters. The molecule has 7 heteroatoms. The van der Waals surface area contributed by atoms with Crippen molar-refractivity contribution in [2.45, 2.75) is 19.4 Å². The SMILES string of the molecule is CCc1ncnc(N2CCN(C3COC3)CC2)c1-c1ccc(N)nc1. The molecule has 0 radical (unpaired) electrons. The van der Waals surface area contributed by atoms with Crippen LogP contribution in [0.5, 0.6) is 0 Å². The molecule has 132 valence electrons. The van der Waals surface area contributed by atoms with Crippen LogP contribution in [0.4, 0.5) is 11.6 Å². The predicted octanol–water partition coefficient (Wildman–Crippen LogP) is 1.20. The molecule has 7 nitrogen and oxygen atoms in total. The lowest BCUT2D eigenvalue weighted by molar-refractivity contribution is -0.0660. The molecular weight excluding hydrogens is 316 g/mol. The third kappa shape index (κ3) is 3.17. The largest absolute Gasteiger partial charge is 0.384 e. The summed E-state index contributed by atoms with van der Waals surface area (Å²) in [5, 5.41) is 0. The van der Waals surface area contributed by atoms with Crippen molar-refractivity contribution >= 4 is 11.6 Å². The van der Waals surface area contributed by atoms with Crippen molar-refractivity contribution in [3.8, 4) is 11.1 Å². The first-order valence-corrected chi connectivity index (χ1v) is 8.88. The van der Waals surface area contributed by atoms with E-state index in [2.05, 4.69) is 31.7 Å². The van der Waals surface area contributed by atoms with E-state index in [9.17, 15) is 0 Å². The first kappa shape index (κ1) is 16.2. The molecule has 2 fully saturated rings. The monoisotopic (exact) mass is 340 g/mol. The molecule has 2 N–H and O–H groups in total. The minimum Gasteiger partial charge on any atom is -0.384 e. The summed E-state index contributed by atoms with van der Waals surface area (Å²) in [7, 11) is 0. The number of hydrogen-bond donors (Lipinski definition) is 1. The molecule has 2 aromatic heterocycles. The van der Waals surface area contributed by atoms with Crippen molar-refractivity contribution in [2.24, 2.45) is 0 Å². The maximum absolute atomic E-state index is 5.75. The molecule has 4 rings (SSSR count). The second-order valence-corrected chi connectivity index (χ2v) is 6.56. The number of piperazine rings is 1. The molecule has 2 aromatic rings. The number of hydrogen-bond acceptors (Lipinski definition) is 7. The highest BCUT2D eigenvalue weighted by Crippen LogP contribution is 2.32. The standard InChI is InChI=1S/C18H24N6O/c1-2-15-17(13-3-4-16(19)20-9-13)18(22-12-21-15)24-7-5-23(6-8-24)14-10-25-11-14/h3-4,9,12,14H,2,5-8,10-11H2,1H3,(H2,19,20). The van der Waals surface area contributed by atoms with Gasteiger partial charge in [-0.1, -0.05) is 6.92 Å². The Morgan fingerprint density at radius 1 is 1.12 bits per heavy atom. The van der Waals surface area contributed by atoms with Gasteiger partial charge in [-0.05, 0) is 18.6 Å². The summed E-state index contributed by atoms with van der Waals surface area (Å²) >= 11 is 0. The molecule has 0 aliphatic carbocycles. The van der Waals surface area contributed by atoms with Gasteiger partial charge in [-0.15, -0.1) is 0 Å². The van der Waals surface area contributed by atoms with Crippen LogP contribution in [0, 0.1) is 0 Å². The van der Waals surface area contributed by atoms with Crippen LogP contribution in [0.3, 0.4) is 0 Å². The minimum absolute atomic E-state index is 0.525. The van der Waals surface area contributed by atoms with E-state index in [0.29, 0.717) is 11.9 Å². The van der Waals surface area contributed by atoms with Crippen LogP contribution in [0.1, 0.15) is 12.6 Å². The summed E-state index contributed by atoms with van der Waals surface area (Å²) in [5.41, 5.74) is 8.90. The van der Waals surface area contributed by atoms with Gasteiger partial charge in [0.25, 0.3) is 0 Å². The number of aromatic nitrogens is 3. The zero-order chi connectivity index (χ0) is 17.2. The molecule has 2 aliphatic heterocycles. The van der Waals surface area contributed by atoms with Gasteiger partial charge in [-0.2, -0.15) is 0 Å². The summed E-state index contributed by atoms with van der Waals surface area (Å²) in [4.78, 5) is 18.3. The second kappa shape index (κ2) is 6.93. The van der Waals surface area contributed by atoms with Crippen LogP contribution >= 0.6 is 0 Å². The van der Waals surface area contributed by atoms with E-state index in [4.69, 9.17) is 10.5 Å². The van der Waals surface area contributed by atoms with Crippen molar-refractivity contribution in [3.63, 3.8) is 0 Å². The first-order chi connectivity index (χ1) is 12.3. The van der Waals surface area contributed by atoms with Crippen molar-refractivity contribution < 1.29 is 4.74 Å². The average molecular weight is 340 g/mol. The van der Waals surface area contributed by atoms with Crippen molar-refractivity contribution in [1.29, 1.82) is 0 Å². The van der Waals surface area contributed by atoms with Crippen LogP contribution in [0.15, 0.2) is 24.7 Å². The van der Waals surface area contributed by atoms with Gasteiger partial charge < -0.3 is 15.4 Å². The number of nitrogens with zero attached hydrogens (tertiary/aromatic N) is 5. The maximum atomic E-state index is 5.75. The number of pyridine rings is 1. The Kier molecular flexibility index (Phi) is 4.50. The van der Waals surface area contributed by atoms with E-state index in [1.54, 1.807) is 6.33 Å². The number of aryl methyl sites for hydroxylation is 1. The fourth-order valence-corrected chi connectivity index (χ4v) is 3.50. The Hall–Kier alpha value is -2.25. The molecule has 0 saturated carbocycles. The number of nitrogens with two attached hydrogens (primary N) is 1. The molecule has 0 aromatic carbocycles. The third-order valence-corrected chi connectivity index (χ3v) is 5.07. The van der Waals surface area contributed by atoms with Crippen LogP contribution in [-0.2, 0) is 11.2 Å². The molecule has 2 saturated heterocycles. The topological polar surface area (TPSA) is 80.4 Å². The summed E-state index contributed by atoms with van der Waals surface area (Å²) in [6.07, 6.45) is 4.35. The van der Waals surface area contributed by atoms with E-state index < -0.39 is 0 Å². The Morgan fingerprint density at radius 2 is 1.92 bits per heavy atom. The maximum Gasteiger partial charge on any atom is 0.140 e. The number of ether oxygens (including phenoxy) is 1. The van der Waals surface area contributed by atoms with E-state index in [1.165, 1.54) is 0 Å². The van der Waals surface area contributed by atoms with Gasteiger partial charge in [0.2, 0.25) is 0 Å². The first-order valence-electron chi connectivity index (χ1n) is 8.88. The van der Waals surface area contributed by atoms with Crippen molar-refractivity contribution in [2.75, 3.05) is 50.0 Å². The van der Waals surface area contributed by atoms with Crippen LogP contribution in [0.25, 0.3) is 11.1 Å². The Labute approximate surface area is 147 Å². The van der Waals surface area contributed by atoms with Crippen molar-refractivity contribution in [1.82, 2.24) is 19.9 Å². The molecular formula is C18H24N6O. The molecule has 0 amide bonds. The van der Waals surface area contributed by atoms with E-state index in [-0.39, 0.29) is 0 Å². The quantitative estimate of drug-likeness (QED) is 0.896. The molecule has 25 heavy (non-hydrogen) atoms. The van der Waals surface area contributed by atoms with Gasteiger partial charge in [0.15, 0.2) is 0 Å². The Morgan fingerprint density at radius 3 is 2.52 bits per heavy atom.